The minimum atomic E-state index is -4.56. The van der Waals surface area contributed by atoms with Gasteiger partial charge in [-0.3, -0.25) is 4.79 Å². The molecule has 3 aromatic rings. The van der Waals surface area contributed by atoms with E-state index in [1.165, 1.54) is 29.8 Å². The molecule has 14 heteroatoms. The minimum absolute atomic E-state index is 0.0880. The summed E-state index contributed by atoms with van der Waals surface area (Å²) in [6, 6.07) is 6.51. The minimum Gasteiger partial charge on any atom is -0.433 e. The number of aromatic nitrogens is 2. The van der Waals surface area contributed by atoms with Crippen LogP contribution in [0, 0.1) is 11.8 Å². The van der Waals surface area contributed by atoms with Crippen LogP contribution in [0.4, 0.5) is 37.7 Å². The Morgan fingerprint density at radius 2 is 2.02 bits per heavy atom. The lowest BCUT2D eigenvalue weighted by Gasteiger charge is -2.33. The normalized spacial score (nSPS) is 17.7. The third-order valence-corrected chi connectivity index (χ3v) is 6.46. The van der Waals surface area contributed by atoms with Crippen molar-refractivity contribution in [1.82, 2.24) is 19.6 Å². The zero-order chi connectivity index (χ0) is 29.7. The molecule has 0 bridgehead atoms. The average molecular weight is 583 g/mol. The molecule has 0 spiro atoms. The lowest BCUT2D eigenvalue weighted by Crippen LogP contribution is -2.46. The van der Waals surface area contributed by atoms with Gasteiger partial charge in [-0.1, -0.05) is 5.92 Å². The number of anilines is 2. The third kappa shape index (κ3) is 7.55. The molecule has 2 aromatic heterocycles. The Morgan fingerprint density at radius 1 is 1.24 bits per heavy atom. The number of halogens is 6. The van der Waals surface area contributed by atoms with Crippen LogP contribution in [0.1, 0.15) is 28.2 Å². The maximum Gasteiger partial charge on any atom is 0.394 e. The van der Waals surface area contributed by atoms with Gasteiger partial charge in [0.1, 0.15) is 17.6 Å². The van der Waals surface area contributed by atoms with E-state index in [-0.39, 0.29) is 47.1 Å². The van der Waals surface area contributed by atoms with Crippen molar-refractivity contribution < 1.29 is 35.9 Å². The Morgan fingerprint density at radius 3 is 2.71 bits per heavy atom. The summed E-state index contributed by atoms with van der Waals surface area (Å²) in [6.45, 7) is -2.43. The fourth-order valence-corrected chi connectivity index (χ4v) is 4.52. The second kappa shape index (κ2) is 12.6. The molecule has 1 aliphatic rings. The Labute approximate surface area is 232 Å². The standard InChI is InChI=1S/C27H28F6N6O2/c1-34-25(40)16-7-8-20(23(13-16)41-26(29)30)35-10-3-5-19-22(14-27(31,32)33)39-11-4-6-21(24(39)37-19)36-18-9-12-38(2)15-17(18)28/h4,6-8,11,13,17-18,26,35-36H,9-10,12,14-15H2,1-2H3,(H,34,40)/t17-,18+/m0/s1. The molecule has 41 heavy (non-hydrogen) atoms. The number of nitrogens with one attached hydrogen (secondary N) is 3. The number of carbonyl (C=O) groups excluding carboxylic acids is 1. The summed E-state index contributed by atoms with van der Waals surface area (Å²) in [6.07, 6.45) is -5.09. The molecular weight excluding hydrogens is 554 g/mol. The van der Waals surface area contributed by atoms with E-state index >= 15 is 0 Å². The molecule has 1 fully saturated rings. The van der Waals surface area contributed by atoms with Crippen molar-refractivity contribution in [2.75, 3.05) is 44.4 Å². The quantitative estimate of drug-likeness (QED) is 0.271. The highest BCUT2D eigenvalue weighted by atomic mass is 19.4. The van der Waals surface area contributed by atoms with Gasteiger partial charge in [0.15, 0.2) is 5.65 Å². The van der Waals surface area contributed by atoms with Gasteiger partial charge >= 0.3 is 12.8 Å². The van der Waals surface area contributed by atoms with Crippen molar-refractivity contribution in [2.45, 2.75) is 37.8 Å². The Hall–Kier alpha value is -4.12. The molecule has 8 nitrogen and oxygen atoms in total. The molecule has 3 N–H and O–H groups in total. The maximum absolute atomic E-state index is 14.6. The number of rotatable bonds is 8. The number of nitrogens with zero attached hydrogens (tertiary/aromatic N) is 3. The van der Waals surface area contributed by atoms with Crippen LogP contribution < -0.4 is 20.7 Å². The van der Waals surface area contributed by atoms with Gasteiger partial charge in [-0.05, 0) is 49.7 Å². The van der Waals surface area contributed by atoms with Gasteiger partial charge < -0.3 is 30.0 Å². The largest absolute Gasteiger partial charge is 0.433 e. The van der Waals surface area contributed by atoms with Crippen LogP contribution in [0.3, 0.4) is 0 Å². The number of amides is 1. The number of hydrogen-bond donors (Lipinski definition) is 3. The molecule has 3 heterocycles. The van der Waals surface area contributed by atoms with E-state index in [0.29, 0.717) is 18.7 Å². The highest BCUT2D eigenvalue weighted by molar-refractivity contribution is 5.95. The van der Waals surface area contributed by atoms with Gasteiger partial charge in [-0.15, -0.1) is 0 Å². The first kappa shape index (κ1) is 29.9. The van der Waals surface area contributed by atoms with E-state index in [1.54, 1.807) is 12.1 Å². The highest BCUT2D eigenvalue weighted by Crippen LogP contribution is 2.29. The average Bonchev–Trinajstić information content (AvgIpc) is 3.24. The molecule has 220 valence electrons. The Kier molecular flexibility index (Phi) is 9.17. The molecule has 0 radical (unpaired) electrons. The molecule has 0 saturated carbocycles. The summed E-state index contributed by atoms with van der Waals surface area (Å²) in [5.74, 6) is 4.49. The van der Waals surface area contributed by atoms with Crippen LogP contribution in [0.15, 0.2) is 36.5 Å². The predicted molar refractivity (Wildman–Crippen MR) is 141 cm³/mol. The van der Waals surface area contributed by atoms with Crippen molar-refractivity contribution in [2.24, 2.45) is 0 Å². The number of hydrogen-bond acceptors (Lipinski definition) is 6. The van der Waals surface area contributed by atoms with Crippen LogP contribution in [0.2, 0.25) is 0 Å². The molecule has 1 saturated heterocycles. The van der Waals surface area contributed by atoms with Gasteiger partial charge in [0, 0.05) is 31.9 Å². The van der Waals surface area contributed by atoms with E-state index in [2.05, 4.69) is 37.5 Å². The van der Waals surface area contributed by atoms with Crippen LogP contribution >= 0.6 is 0 Å². The number of likely N-dealkylation sites (tertiary alicyclic amines) is 1. The molecule has 1 aliphatic heterocycles. The van der Waals surface area contributed by atoms with Crippen LogP contribution in [0.25, 0.3) is 5.65 Å². The van der Waals surface area contributed by atoms with Gasteiger partial charge in [-0.2, -0.15) is 22.0 Å². The first-order valence-electron chi connectivity index (χ1n) is 12.6. The Balaban J connectivity index is 1.60. The fraction of sp³-hybridized carbons (Fsp3) is 0.407. The number of carbonyl (C=O) groups is 1. The highest BCUT2D eigenvalue weighted by Gasteiger charge is 2.32. The number of imidazole rings is 1. The van der Waals surface area contributed by atoms with Gasteiger partial charge in [0.2, 0.25) is 0 Å². The molecule has 4 rings (SSSR count). The van der Waals surface area contributed by atoms with E-state index in [9.17, 15) is 31.1 Å². The van der Waals surface area contributed by atoms with E-state index in [0.717, 1.165) is 6.07 Å². The summed E-state index contributed by atoms with van der Waals surface area (Å²) in [5.41, 5.74) is 0.420. The Bertz CT molecular complexity index is 1450. The van der Waals surface area contributed by atoms with Crippen LogP contribution in [-0.4, -0.2) is 78.9 Å². The summed E-state index contributed by atoms with van der Waals surface area (Å²) in [7, 11) is 3.20. The van der Waals surface area contributed by atoms with E-state index < -0.39 is 37.3 Å². The number of benzene rings is 1. The molecular formula is C27H28F6N6O2. The lowest BCUT2D eigenvalue weighted by molar-refractivity contribution is -0.128. The van der Waals surface area contributed by atoms with Gasteiger partial charge in [-0.25, -0.2) is 9.37 Å². The second-order valence-electron chi connectivity index (χ2n) is 9.46. The van der Waals surface area contributed by atoms with Crippen molar-refractivity contribution >= 4 is 22.9 Å². The summed E-state index contributed by atoms with van der Waals surface area (Å²) in [4.78, 5) is 18.0. The molecule has 0 aliphatic carbocycles. The summed E-state index contributed by atoms with van der Waals surface area (Å²) < 4.78 is 86.7. The molecule has 2 atom stereocenters. The first-order valence-corrected chi connectivity index (χ1v) is 12.6. The molecule has 1 amide bonds. The van der Waals surface area contributed by atoms with Crippen molar-refractivity contribution in [3.05, 3.63) is 53.5 Å². The lowest BCUT2D eigenvalue weighted by atomic mass is 10.0. The van der Waals surface area contributed by atoms with Crippen LogP contribution in [-0.2, 0) is 6.42 Å². The monoisotopic (exact) mass is 582 g/mol. The van der Waals surface area contributed by atoms with Crippen molar-refractivity contribution in [1.29, 1.82) is 0 Å². The topological polar surface area (TPSA) is 82.9 Å². The zero-order valence-corrected chi connectivity index (χ0v) is 22.2. The fourth-order valence-electron chi connectivity index (χ4n) is 4.52. The summed E-state index contributed by atoms with van der Waals surface area (Å²) >= 11 is 0. The number of ether oxygens (including phenoxy) is 1. The number of piperidine rings is 1. The second-order valence-corrected chi connectivity index (χ2v) is 9.46. The number of pyridine rings is 1. The van der Waals surface area contributed by atoms with E-state index in [1.807, 2.05) is 11.9 Å². The SMILES string of the molecule is CNC(=O)c1ccc(NCC#Cc2nc3c(N[C@@H]4CCN(C)C[C@@H]4F)cccn3c2CC(F)(F)F)c(OC(F)F)c1. The first-order chi connectivity index (χ1) is 19.4. The summed E-state index contributed by atoms with van der Waals surface area (Å²) in [5, 5.41) is 8.24. The molecule has 0 unspecified atom stereocenters. The zero-order valence-electron chi connectivity index (χ0n) is 22.2. The molecule has 1 aromatic carbocycles. The predicted octanol–water partition coefficient (Wildman–Crippen LogP) is 4.32. The number of alkyl halides is 6. The van der Waals surface area contributed by atoms with Gasteiger partial charge in [0.25, 0.3) is 5.91 Å². The smallest absolute Gasteiger partial charge is 0.394 e. The number of fused-ring (bicyclic) bond motifs is 1. The van der Waals surface area contributed by atoms with Crippen molar-refractivity contribution in [3.8, 4) is 17.6 Å². The van der Waals surface area contributed by atoms with E-state index in [4.69, 9.17) is 0 Å². The van der Waals surface area contributed by atoms with Crippen molar-refractivity contribution in [3.63, 3.8) is 0 Å². The van der Waals surface area contributed by atoms with Crippen LogP contribution in [0.5, 0.6) is 5.75 Å². The third-order valence-electron chi connectivity index (χ3n) is 6.46. The van der Waals surface area contributed by atoms with Gasteiger partial charge in [0.05, 0.1) is 36.1 Å². The maximum atomic E-state index is 14.6.